The van der Waals surface area contributed by atoms with Gasteiger partial charge in [-0.3, -0.25) is 4.79 Å². The largest absolute Gasteiger partial charge is 0.395 e. The fraction of sp³-hybridized carbons (Fsp3) is 0.250. The Bertz CT molecular complexity index is 1170. The van der Waals surface area contributed by atoms with E-state index in [1.54, 1.807) is 22.9 Å². The number of amides is 1. The predicted molar refractivity (Wildman–Crippen MR) is 144 cm³/mol. The summed E-state index contributed by atoms with van der Waals surface area (Å²) in [7, 11) is 0. The van der Waals surface area contributed by atoms with Crippen molar-refractivity contribution >= 4 is 57.9 Å². The standard InChI is InChI=1S/C24H26N6O3S2/c1-35-20-14-26-22(29-23(20)25-10-12-31)16-2-4-17(5-3-16)27-24(34)28-18-6-8-19(9-7-18)30-11-13-33-15-21(30)32/h2-9,14,31H,10-13,15H2,1H3,(H,25,26,29)(H2,27,28,34). The molecule has 3 aromatic rings. The topological polar surface area (TPSA) is 112 Å². The molecule has 0 bridgehead atoms. The first-order chi connectivity index (χ1) is 17.1. The summed E-state index contributed by atoms with van der Waals surface area (Å²) in [5.74, 6) is 1.25. The molecule has 1 amide bonds. The van der Waals surface area contributed by atoms with Crippen LogP contribution < -0.4 is 20.9 Å². The number of hydrogen-bond donors (Lipinski definition) is 4. The average molecular weight is 511 g/mol. The molecule has 182 valence electrons. The number of morpholine rings is 1. The van der Waals surface area contributed by atoms with Crippen molar-refractivity contribution < 1.29 is 14.6 Å². The molecule has 1 fully saturated rings. The molecule has 9 nitrogen and oxygen atoms in total. The van der Waals surface area contributed by atoms with Gasteiger partial charge in [0.25, 0.3) is 5.91 Å². The third-order valence-corrected chi connectivity index (χ3v) is 6.15. The quantitative estimate of drug-likeness (QED) is 0.266. The summed E-state index contributed by atoms with van der Waals surface area (Å²) in [6.45, 7) is 1.65. The molecule has 4 N–H and O–H groups in total. The number of thioether (sulfide) groups is 1. The number of aliphatic hydroxyl groups is 1. The first-order valence-corrected chi connectivity index (χ1v) is 12.6. The number of carbonyl (C=O) groups is 1. The summed E-state index contributed by atoms with van der Waals surface area (Å²) in [4.78, 5) is 23.7. The molecule has 0 radical (unpaired) electrons. The second kappa shape index (κ2) is 11.9. The van der Waals surface area contributed by atoms with Crippen molar-refractivity contribution in [2.45, 2.75) is 4.90 Å². The molecule has 0 atom stereocenters. The minimum atomic E-state index is -0.0409. The maximum absolute atomic E-state index is 12.0. The van der Waals surface area contributed by atoms with Gasteiger partial charge in [-0.2, -0.15) is 0 Å². The molecule has 0 unspecified atom stereocenters. The zero-order valence-corrected chi connectivity index (χ0v) is 20.8. The van der Waals surface area contributed by atoms with Gasteiger partial charge < -0.3 is 30.7 Å². The van der Waals surface area contributed by atoms with E-state index in [-0.39, 0.29) is 19.1 Å². The molecule has 4 rings (SSSR count). The smallest absolute Gasteiger partial charge is 0.253 e. The number of ether oxygens (including phenoxy) is 1. The number of nitrogens with one attached hydrogen (secondary N) is 3. The van der Waals surface area contributed by atoms with Gasteiger partial charge in [0.05, 0.1) is 18.1 Å². The van der Waals surface area contributed by atoms with Gasteiger partial charge in [-0.1, -0.05) is 0 Å². The highest BCUT2D eigenvalue weighted by molar-refractivity contribution is 7.98. The van der Waals surface area contributed by atoms with Crippen LogP contribution in [0.5, 0.6) is 0 Å². The van der Waals surface area contributed by atoms with Crippen molar-refractivity contribution in [1.29, 1.82) is 0 Å². The fourth-order valence-electron chi connectivity index (χ4n) is 3.47. The Morgan fingerprint density at radius 3 is 2.46 bits per heavy atom. The number of nitrogens with zero attached hydrogens (tertiary/aromatic N) is 3. The van der Waals surface area contributed by atoms with Crippen molar-refractivity contribution in [2.75, 3.05) is 60.0 Å². The number of benzene rings is 2. The Balaban J connectivity index is 1.36. The molecule has 1 saturated heterocycles. The fourth-order valence-corrected chi connectivity index (χ4v) is 4.18. The Morgan fingerprint density at radius 1 is 1.14 bits per heavy atom. The minimum absolute atomic E-state index is 0.0269. The van der Waals surface area contributed by atoms with Crippen LogP contribution in [0, 0.1) is 0 Å². The summed E-state index contributed by atoms with van der Waals surface area (Å²) in [6, 6.07) is 15.2. The van der Waals surface area contributed by atoms with E-state index >= 15 is 0 Å². The van der Waals surface area contributed by atoms with Gasteiger partial charge in [0.2, 0.25) is 0 Å². The lowest BCUT2D eigenvalue weighted by Crippen LogP contribution is -2.41. The van der Waals surface area contributed by atoms with Gasteiger partial charge in [0.1, 0.15) is 12.4 Å². The molecule has 1 aliphatic rings. The van der Waals surface area contributed by atoms with E-state index in [1.165, 1.54) is 0 Å². The normalized spacial score (nSPS) is 13.4. The maximum Gasteiger partial charge on any atom is 0.253 e. The zero-order chi connectivity index (χ0) is 24.6. The number of carbonyl (C=O) groups excluding carboxylic acids is 1. The summed E-state index contributed by atoms with van der Waals surface area (Å²) < 4.78 is 5.18. The molecule has 0 aliphatic carbocycles. The Kier molecular flexibility index (Phi) is 8.48. The third-order valence-electron chi connectivity index (χ3n) is 5.20. The minimum Gasteiger partial charge on any atom is -0.395 e. The number of aliphatic hydroxyl groups excluding tert-OH is 1. The van der Waals surface area contributed by atoms with Gasteiger partial charge in [0.15, 0.2) is 10.9 Å². The summed E-state index contributed by atoms with van der Waals surface area (Å²) >= 11 is 6.99. The van der Waals surface area contributed by atoms with Crippen LogP contribution in [0.3, 0.4) is 0 Å². The lowest BCUT2D eigenvalue weighted by molar-refractivity contribution is -0.125. The van der Waals surface area contributed by atoms with Gasteiger partial charge in [-0.15, -0.1) is 11.8 Å². The SMILES string of the molecule is CSc1cnc(-c2ccc(NC(=S)Nc3ccc(N4CCOCC4=O)cc3)cc2)nc1NCCO. The van der Waals surface area contributed by atoms with E-state index in [0.29, 0.717) is 36.5 Å². The van der Waals surface area contributed by atoms with E-state index in [1.807, 2.05) is 54.8 Å². The van der Waals surface area contributed by atoms with E-state index in [4.69, 9.17) is 22.1 Å². The number of thiocarbonyl (C=S) groups is 1. The van der Waals surface area contributed by atoms with Crippen molar-refractivity contribution in [1.82, 2.24) is 9.97 Å². The van der Waals surface area contributed by atoms with E-state index in [0.717, 1.165) is 27.5 Å². The van der Waals surface area contributed by atoms with E-state index in [2.05, 4.69) is 25.9 Å². The second-order valence-electron chi connectivity index (χ2n) is 7.56. The highest BCUT2D eigenvalue weighted by Crippen LogP contribution is 2.26. The van der Waals surface area contributed by atoms with Crippen LogP contribution >= 0.6 is 24.0 Å². The Hall–Kier alpha value is -3.25. The zero-order valence-electron chi connectivity index (χ0n) is 19.2. The van der Waals surface area contributed by atoms with Crippen LogP contribution in [0.25, 0.3) is 11.4 Å². The third kappa shape index (κ3) is 6.45. The number of aromatic nitrogens is 2. The van der Waals surface area contributed by atoms with Gasteiger partial charge in [-0.25, -0.2) is 9.97 Å². The number of rotatable bonds is 8. The van der Waals surface area contributed by atoms with Gasteiger partial charge >= 0.3 is 0 Å². The molecule has 35 heavy (non-hydrogen) atoms. The Labute approximate surface area is 213 Å². The molecule has 1 aliphatic heterocycles. The van der Waals surface area contributed by atoms with E-state index in [9.17, 15) is 4.79 Å². The lowest BCUT2D eigenvalue weighted by Gasteiger charge is -2.27. The highest BCUT2D eigenvalue weighted by Gasteiger charge is 2.19. The monoisotopic (exact) mass is 510 g/mol. The Morgan fingerprint density at radius 2 is 1.83 bits per heavy atom. The average Bonchev–Trinajstić information content (AvgIpc) is 2.88. The van der Waals surface area contributed by atoms with Crippen molar-refractivity contribution in [3.8, 4) is 11.4 Å². The second-order valence-corrected chi connectivity index (χ2v) is 8.82. The molecule has 2 aromatic carbocycles. The molecule has 0 spiro atoms. The van der Waals surface area contributed by atoms with E-state index < -0.39 is 0 Å². The number of anilines is 4. The van der Waals surface area contributed by atoms with Crippen LogP contribution in [0.4, 0.5) is 22.9 Å². The predicted octanol–water partition coefficient (Wildman–Crippen LogP) is 3.44. The molecule has 11 heteroatoms. The molecule has 0 saturated carbocycles. The summed E-state index contributed by atoms with van der Waals surface area (Å²) in [5, 5.41) is 19.0. The first kappa shape index (κ1) is 24.9. The van der Waals surface area contributed by atoms with Crippen LogP contribution in [-0.4, -0.2) is 65.3 Å². The van der Waals surface area contributed by atoms with Crippen LogP contribution in [0.15, 0.2) is 59.6 Å². The summed E-state index contributed by atoms with van der Waals surface area (Å²) in [5.41, 5.74) is 3.33. The van der Waals surface area contributed by atoms with Crippen molar-refractivity contribution in [3.63, 3.8) is 0 Å². The van der Waals surface area contributed by atoms with Gasteiger partial charge in [0, 0.05) is 41.9 Å². The maximum atomic E-state index is 12.0. The molecular weight excluding hydrogens is 484 g/mol. The molecule has 1 aromatic heterocycles. The van der Waals surface area contributed by atoms with Crippen molar-refractivity contribution in [3.05, 3.63) is 54.7 Å². The molecular formula is C24H26N6O3S2. The number of hydrogen-bond acceptors (Lipinski definition) is 8. The van der Waals surface area contributed by atoms with Crippen molar-refractivity contribution in [2.24, 2.45) is 0 Å². The molecule has 2 heterocycles. The first-order valence-electron chi connectivity index (χ1n) is 11.0. The lowest BCUT2D eigenvalue weighted by atomic mass is 10.2. The highest BCUT2D eigenvalue weighted by atomic mass is 32.2. The van der Waals surface area contributed by atoms with Gasteiger partial charge in [-0.05, 0) is 67.0 Å². The van der Waals surface area contributed by atoms with Crippen LogP contribution in [0.2, 0.25) is 0 Å². The van der Waals surface area contributed by atoms with Crippen LogP contribution in [0.1, 0.15) is 0 Å². The summed E-state index contributed by atoms with van der Waals surface area (Å²) in [6.07, 6.45) is 3.73. The van der Waals surface area contributed by atoms with Crippen LogP contribution in [-0.2, 0) is 9.53 Å².